The van der Waals surface area contributed by atoms with E-state index in [0.717, 1.165) is 49.3 Å². The van der Waals surface area contributed by atoms with Crippen LogP contribution >= 0.6 is 11.3 Å². The Morgan fingerprint density at radius 3 is 2.68 bits per heavy atom. The first kappa shape index (κ1) is 22.2. The van der Waals surface area contributed by atoms with Crippen LogP contribution in [0, 0.1) is 6.92 Å². The fourth-order valence-electron chi connectivity index (χ4n) is 3.19. The quantitative estimate of drug-likeness (QED) is 0.471. The van der Waals surface area contributed by atoms with Crippen molar-refractivity contribution in [2.24, 2.45) is 4.99 Å². The Balaban J connectivity index is 1.97. The van der Waals surface area contributed by atoms with Gasteiger partial charge in [-0.1, -0.05) is 26.0 Å². The molecule has 154 valence electrons. The van der Waals surface area contributed by atoms with Gasteiger partial charge in [-0.2, -0.15) is 0 Å². The number of aliphatic imine (C=N–C) groups is 1. The molecule has 0 aliphatic rings. The molecule has 1 atom stereocenters. The molecule has 2 rings (SSSR count). The van der Waals surface area contributed by atoms with Crippen molar-refractivity contribution in [3.63, 3.8) is 0 Å². The van der Waals surface area contributed by atoms with Gasteiger partial charge >= 0.3 is 0 Å². The molecule has 7 heteroatoms. The second-order valence-electron chi connectivity index (χ2n) is 6.51. The summed E-state index contributed by atoms with van der Waals surface area (Å²) in [6.45, 7) is 10.0. The van der Waals surface area contributed by atoms with Crippen molar-refractivity contribution < 1.29 is 4.74 Å². The van der Waals surface area contributed by atoms with Crippen LogP contribution in [0.4, 0.5) is 0 Å². The van der Waals surface area contributed by atoms with Crippen LogP contribution in [0.3, 0.4) is 0 Å². The zero-order chi connectivity index (χ0) is 20.4. The maximum Gasteiger partial charge on any atom is 0.191 e. The molecule has 0 aliphatic carbocycles. The van der Waals surface area contributed by atoms with Crippen molar-refractivity contribution >= 4 is 17.3 Å². The lowest BCUT2D eigenvalue weighted by molar-refractivity contribution is 0.218. The van der Waals surface area contributed by atoms with Gasteiger partial charge in [-0.3, -0.25) is 9.89 Å². The fraction of sp³-hybridized carbons (Fsp3) is 0.524. The number of aromatic nitrogens is 1. The SMILES string of the molecule is CCN(CC)C(CNC(=NC)NCCc1ncc(C)s1)c1cccc(OC)c1. The lowest BCUT2D eigenvalue weighted by Gasteiger charge is -2.31. The number of nitrogens with zero attached hydrogens (tertiary/aromatic N) is 3. The van der Waals surface area contributed by atoms with E-state index in [1.165, 1.54) is 10.4 Å². The van der Waals surface area contributed by atoms with Crippen LogP contribution < -0.4 is 15.4 Å². The Kier molecular flexibility index (Phi) is 9.23. The molecule has 0 spiro atoms. The van der Waals surface area contributed by atoms with Gasteiger partial charge in [0.1, 0.15) is 5.75 Å². The number of benzene rings is 1. The molecule has 0 fully saturated rings. The van der Waals surface area contributed by atoms with Crippen LogP contribution in [-0.2, 0) is 6.42 Å². The molecule has 0 amide bonds. The van der Waals surface area contributed by atoms with Crippen molar-refractivity contribution in [2.75, 3.05) is 40.3 Å². The molecule has 0 aliphatic heterocycles. The van der Waals surface area contributed by atoms with Gasteiger partial charge in [0.05, 0.1) is 18.2 Å². The van der Waals surface area contributed by atoms with Gasteiger partial charge in [0, 0.05) is 37.6 Å². The lowest BCUT2D eigenvalue weighted by atomic mass is 10.0. The van der Waals surface area contributed by atoms with Gasteiger partial charge < -0.3 is 15.4 Å². The number of thiazole rings is 1. The van der Waals surface area contributed by atoms with Crippen LogP contribution in [0.5, 0.6) is 5.75 Å². The minimum absolute atomic E-state index is 0.241. The van der Waals surface area contributed by atoms with E-state index < -0.39 is 0 Å². The first-order valence-electron chi connectivity index (χ1n) is 9.85. The van der Waals surface area contributed by atoms with Crippen LogP contribution in [0.25, 0.3) is 0 Å². The highest BCUT2D eigenvalue weighted by Crippen LogP contribution is 2.23. The number of nitrogens with one attached hydrogen (secondary N) is 2. The van der Waals surface area contributed by atoms with E-state index in [0.29, 0.717) is 0 Å². The Labute approximate surface area is 173 Å². The van der Waals surface area contributed by atoms with Crippen LogP contribution in [0.2, 0.25) is 0 Å². The molecule has 28 heavy (non-hydrogen) atoms. The lowest BCUT2D eigenvalue weighted by Crippen LogP contribution is -2.43. The molecule has 1 heterocycles. The van der Waals surface area contributed by atoms with Gasteiger partial charge in [0.2, 0.25) is 0 Å². The summed E-state index contributed by atoms with van der Waals surface area (Å²) in [5, 5.41) is 8.03. The first-order chi connectivity index (χ1) is 13.6. The zero-order valence-corrected chi connectivity index (χ0v) is 18.5. The summed E-state index contributed by atoms with van der Waals surface area (Å²) in [4.78, 5) is 12.5. The summed E-state index contributed by atoms with van der Waals surface area (Å²) in [6.07, 6.45) is 2.82. The second kappa shape index (κ2) is 11.7. The monoisotopic (exact) mass is 403 g/mol. The molecule has 1 unspecified atom stereocenters. The summed E-state index contributed by atoms with van der Waals surface area (Å²) in [6, 6.07) is 8.55. The third-order valence-electron chi connectivity index (χ3n) is 4.72. The van der Waals surface area contributed by atoms with Gasteiger partial charge in [0.15, 0.2) is 5.96 Å². The summed E-state index contributed by atoms with van der Waals surface area (Å²) < 4.78 is 5.42. The molecule has 0 saturated carbocycles. The Morgan fingerprint density at radius 2 is 2.07 bits per heavy atom. The largest absolute Gasteiger partial charge is 0.497 e. The predicted octanol–water partition coefficient (Wildman–Crippen LogP) is 3.25. The maximum atomic E-state index is 5.42. The van der Waals surface area contributed by atoms with Gasteiger partial charge in [-0.25, -0.2) is 4.98 Å². The highest BCUT2D eigenvalue weighted by Gasteiger charge is 2.19. The number of likely N-dealkylation sites (N-methyl/N-ethyl adjacent to an activating group) is 1. The molecule has 0 bridgehead atoms. The third-order valence-corrected chi connectivity index (χ3v) is 5.69. The number of ether oxygens (including phenoxy) is 1. The zero-order valence-electron chi connectivity index (χ0n) is 17.7. The molecule has 1 aromatic carbocycles. The molecular weight excluding hydrogens is 370 g/mol. The number of aryl methyl sites for hydroxylation is 1. The van der Waals surface area contributed by atoms with Crippen molar-refractivity contribution in [3.05, 3.63) is 45.9 Å². The highest BCUT2D eigenvalue weighted by molar-refractivity contribution is 7.11. The van der Waals surface area contributed by atoms with Crippen molar-refractivity contribution in [3.8, 4) is 5.75 Å². The second-order valence-corrected chi connectivity index (χ2v) is 7.83. The smallest absolute Gasteiger partial charge is 0.191 e. The van der Waals surface area contributed by atoms with E-state index >= 15 is 0 Å². The molecule has 1 aromatic heterocycles. The molecular formula is C21H33N5OS. The highest BCUT2D eigenvalue weighted by atomic mass is 32.1. The molecule has 0 saturated heterocycles. The molecule has 2 aromatic rings. The summed E-state index contributed by atoms with van der Waals surface area (Å²) in [5.74, 6) is 1.70. The molecule has 0 radical (unpaired) electrons. The van der Waals surface area contributed by atoms with Crippen LogP contribution in [0.15, 0.2) is 35.5 Å². The molecule has 2 N–H and O–H groups in total. The van der Waals surface area contributed by atoms with E-state index in [2.05, 4.69) is 58.4 Å². The summed E-state index contributed by atoms with van der Waals surface area (Å²) >= 11 is 1.75. The number of hydrogen-bond donors (Lipinski definition) is 2. The Morgan fingerprint density at radius 1 is 1.29 bits per heavy atom. The number of guanidine groups is 1. The van der Waals surface area contributed by atoms with E-state index in [9.17, 15) is 0 Å². The fourth-order valence-corrected chi connectivity index (χ4v) is 3.98. The van der Waals surface area contributed by atoms with Crippen molar-refractivity contribution in [1.29, 1.82) is 0 Å². The van der Waals surface area contributed by atoms with Crippen molar-refractivity contribution in [1.82, 2.24) is 20.5 Å². The number of hydrogen-bond acceptors (Lipinski definition) is 5. The first-order valence-corrected chi connectivity index (χ1v) is 10.7. The standard InChI is InChI=1S/C21H33N5OS/c1-6-26(7-2)19(17-9-8-10-18(13-17)27-5)15-25-21(22-4)23-12-11-20-24-14-16(3)28-20/h8-10,13-14,19H,6-7,11-12,15H2,1-5H3,(H2,22,23,25). The maximum absolute atomic E-state index is 5.42. The van der Waals surface area contributed by atoms with Crippen molar-refractivity contribution in [2.45, 2.75) is 33.2 Å². The third kappa shape index (κ3) is 6.49. The van der Waals surface area contributed by atoms with E-state index in [-0.39, 0.29) is 6.04 Å². The average Bonchev–Trinajstić information content (AvgIpc) is 3.14. The van der Waals surface area contributed by atoms with E-state index in [4.69, 9.17) is 4.74 Å². The summed E-state index contributed by atoms with van der Waals surface area (Å²) in [5.41, 5.74) is 1.24. The predicted molar refractivity (Wildman–Crippen MR) is 119 cm³/mol. The topological polar surface area (TPSA) is 61.8 Å². The van der Waals surface area contributed by atoms with Gasteiger partial charge in [0.25, 0.3) is 0 Å². The number of rotatable bonds is 10. The van der Waals surface area contributed by atoms with Crippen LogP contribution in [-0.4, -0.2) is 56.2 Å². The minimum Gasteiger partial charge on any atom is -0.497 e. The minimum atomic E-state index is 0.241. The van der Waals surface area contributed by atoms with E-state index in [1.807, 2.05) is 18.3 Å². The Hall–Kier alpha value is -2.12. The normalized spacial score (nSPS) is 12.9. The van der Waals surface area contributed by atoms with Crippen LogP contribution in [0.1, 0.15) is 35.3 Å². The van der Waals surface area contributed by atoms with Gasteiger partial charge in [-0.15, -0.1) is 11.3 Å². The van der Waals surface area contributed by atoms with E-state index in [1.54, 1.807) is 25.5 Å². The summed E-state index contributed by atoms with van der Waals surface area (Å²) in [7, 11) is 3.51. The van der Waals surface area contributed by atoms with Gasteiger partial charge in [-0.05, 0) is 37.7 Å². The number of methoxy groups -OCH3 is 1. The molecule has 6 nitrogen and oxygen atoms in total. The average molecular weight is 404 g/mol. The Bertz CT molecular complexity index is 742.